The quantitative estimate of drug-likeness (QED) is 0.373. The maximum absolute atomic E-state index is 11.8. The van der Waals surface area contributed by atoms with Crippen LogP contribution in [0.3, 0.4) is 0 Å². The average Bonchev–Trinajstić information content (AvgIpc) is 3.11. The maximum atomic E-state index is 11.8. The topological polar surface area (TPSA) is 131 Å². The second-order valence-electron chi connectivity index (χ2n) is 7.26. The molecule has 1 aliphatic carbocycles. The van der Waals surface area contributed by atoms with Crippen molar-refractivity contribution in [1.82, 2.24) is 0 Å². The molecule has 7 nitrogen and oxygen atoms in total. The summed E-state index contributed by atoms with van der Waals surface area (Å²) in [7, 11) is 0. The van der Waals surface area contributed by atoms with Gasteiger partial charge in [-0.3, -0.25) is 5.41 Å². The zero-order valence-corrected chi connectivity index (χ0v) is 17.6. The van der Waals surface area contributed by atoms with Crippen LogP contribution in [0.15, 0.2) is 42.5 Å². The van der Waals surface area contributed by atoms with Gasteiger partial charge in [-0.25, -0.2) is 0 Å². The van der Waals surface area contributed by atoms with E-state index in [1.807, 2.05) is 6.92 Å². The lowest BCUT2D eigenvalue weighted by molar-refractivity contribution is -0.307. The highest BCUT2D eigenvalue weighted by Gasteiger charge is 2.27. The van der Waals surface area contributed by atoms with Crippen LogP contribution in [0.25, 0.3) is 0 Å². The number of carboxylic acids is 1. The van der Waals surface area contributed by atoms with E-state index in [2.05, 4.69) is 5.32 Å². The van der Waals surface area contributed by atoms with Gasteiger partial charge in [0.25, 0.3) is 0 Å². The molecule has 1 aliphatic rings. The van der Waals surface area contributed by atoms with E-state index >= 15 is 0 Å². The van der Waals surface area contributed by atoms with Gasteiger partial charge in [0, 0.05) is 11.3 Å². The van der Waals surface area contributed by atoms with Gasteiger partial charge < -0.3 is 30.8 Å². The highest BCUT2D eigenvalue weighted by Crippen LogP contribution is 2.30. The number of carbonyl (C=O) groups is 1. The first-order chi connectivity index (χ1) is 13.9. The second kappa shape index (κ2) is 10.3. The molecule has 162 valence electrons. The molecule has 2 aromatic rings. The summed E-state index contributed by atoms with van der Waals surface area (Å²) < 4.78 is 5.99. The first-order valence-electron chi connectivity index (χ1n) is 9.78. The van der Waals surface area contributed by atoms with E-state index in [4.69, 9.17) is 15.9 Å². The molecule has 1 fully saturated rings. The van der Waals surface area contributed by atoms with E-state index in [0.29, 0.717) is 29.0 Å². The number of ether oxygens (including phenoxy) is 1. The lowest BCUT2D eigenvalue weighted by Gasteiger charge is -2.24. The van der Waals surface area contributed by atoms with E-state index in [-0.39, 0.29) is 24.3 Å². The van der Waals surface area contributed by atoms with Gasteiger partial charge >= 0.3 is 0 Å². The van der Waals surface area contributed by atoms with Crippen LogP contribution in [0.4, 0.5) is 5.69 Å². The molecule has 0 amide bonds. The fourth-order valence-electron chi connectivity index (χ4n) is 3.57. The van der Waals surface area contributed by atoms with Crippen molar-refractivity contribution in [2.45, 2.75) is 50.9 Å². The molecular formula is C22H27ClN3O4-. The molecule has 0 aliphatic heterocycles. The van der Waals surface area contributed by atoms with Crippen molar-refractivity contribution in [1.29, 1.82) is 5.41 Å². The average molecular weight is 433 g/mol. The fraction of sp³-hybridized carbons (Fsp3) is 0.364. The lowest BCUT2D eigenvalue weighted by Crippen LogP contribution is -2.34. The summed E-state index contributed by atoms with van der Waals surface area (Å²) in [5, 5.41) is 32.2. The van der Waals surface area contributed by atoms with Gasteiger partial charge in [-0.2, -0.15) is 0 Å². The third-order valence-electron chi connectivity index (χ3n) is 5.24. The Labute approximate surface area is 182 Å². The largest absolute Gasteiger partial charge is 0.548 e. The molecule has 0 heterocycles. The van der Waals surface area contributed by atoms with Crippen LogP contribution in [0.1, 0.15) is 48.9 Å². The predicted octanol–water partition coefficient (Wildman–Crippen LogP) is 2.15. The molecular weight excluding hydrogens is 406 g/mol. The number of halogens is 1. The molecule has 0 spiro atoms. The number of carbonyl (C=O) groups excluding carboxylic acids is 1. The van der Waals surface area contributed by atoms with Gasteiger partial charge in [0.1, 0.15) is 17.7 Å². The zero-order chi connectivity index (χ0) is 21.0. The Kier molecular flexibility index (Phi) is 8.08. The minimum absolute atomic E-state index is 0. The monoisotopic (exact) mass is 432 g/mol. The number of nitrogen functional groups attached to an aromatic ring is 1. The molecule has 5 N–H and O–H groups in total. The summed E-state index contributed by atoms with van der Waals surface area (Å²) in [5.74, 6) is -0.628. The van der Waals surface area contributed by atoms with Crippen molar-refractivity contribution in [3.05, 3.63) is 59.2 Å². The van der Waals surface area contributed by atoms with Crippen LogP contribution < -0.4 is 20.9 Å². The number of benzene rings is 2. The van der Waals surface area contributed by atoms with E-state index in [1.54, 1.807) is 42.5 Å². The molecule has 0 radical (unpaired) electrons. The van der Waals surface area contributed by atoms with Gasteiger partial charge in [0.05, 0.1) is 18.1 Å². The maximum Gasteiger partial charge on any atom is 0.124 e. The Bertz CT molecular complexity index is 888. The highest BCUT2D eigenvalue weighted by molar-refractivity contribution is 5.95. The van der Waals surface area contributed by atoms with Crippen molar-refractivity contribution >= 4 is 29.9 Å². The van der Waals surface area contributed by atoms with Crippen LogP contribution in [0.2, 0.25) is 0 Å². The summed E-state index contributed by atoms with van der Waals surface area (Å²) in [5.41, 5.74) is 8.02. The molecule has 0 saturated heterocycles. The summed E-state index contributed by atoms with van der Waals surface area (Å²) in [6.45, 7) is 1.97. The fourth-order valence-corrected chi connectivity index (χ4v) is 3.57. The van der Waals surface area contributed by atoms with Crippen molar-refractivity contribution < 1.29 is 19.7 Å². The van der Waals surface area contributed by atoms with Gasteiger partial charge in [0.2, 0.25) is 0 Å². The van der Waals surface area contributed by atoms with Crippen LogP contribution in [0, 0.1) is 5.41 Å². The Balaban J connectivity index is 0.00000320. The normalized spacial score (nSPS) is 18.9. The Morgan fingerprint density at radius 2 is 2.00 bits per heavy atom. The van der Waals surface area contributed by atoms with Crippen molar-refractivity contribution in [3.63, 3.8) is 0 Å². The van der Waals surface area contributed by atoms with Crippen LogP contribution in [0.5, 0.6) is 5.75 Å². The number of carboxylic acid groups (broad SMARTS) is 1. The molecule has 3 unspecified atom stereocenters. The number of aliphatic hydroxyl groups excluding tert-OH is 1. The standard InChI is InChI=1S/C22H27N3O4.ClH/c1-2-13-12-15(8-11-18(13)29-19-5-3-4-17(19)26)20(22(27)28)25-16-9-6-14(7-10-16)21(23)24;/h6-12,17,19-20,25-26H,2-5H2,1H3,(H3,23,24)(H,27,28);1H/p-1. The smallest absolute Gasteiger partial charge is 0.124 e. The molecule has 2 aromatic carbocycles. The summed E-state index contributed by atoms with van der Waals surface area (Å²) in [6, 6.07) is 10.9. The van der Waals surface area contributed by atoms with Gasteiger partial charge in [-0.1, -0.05) is 13.0 Å². The zero-order valence-electron chi connectivity index (χ0n) is 16.8. The number of nitrogens with one attached hydrogen (secondary N) is 2. The predicted molar refractivity (Wildman–Crippen MR) is 116 cm³/mol. The van der Waals surface area contributed by atoms with Crippen LogP contribution in [-0.4, -0.2) is 29.1 Å². The summed E-state index contributed by atoms with van der Waals surface area (Å²) in [6.07, 6.45) is 2.47. The number of rotatable bonds is 8. The van der Waals surface area contributed by atoms with Crippen LogP contribution in [-0.2, 0) is 11.2 Å². The summed E-state index contributed by atoms with van der Waals surface area (Å²) >= 11 is 0. The minimum atomic E-state index is -1.25. The lowest BCUT2D eigenvalue weighted by atomic mass is 10.0. The van der Waals surface area contributed by atoms with Crippen molar-refractivity contribution in [3.8, 4) is 5.75 Å². The molecule has 3 atom stereocenters. The molecule has 30 heavy (non-hydrogen) atoms. The number of hydrogen-bond acceptors (Lipinski definition) is 6. The number of nitrogens with two attached hydrogens (primary N) is 1. The Morgan fingerprint density at radius 1 is 1.30 bits per heavy atom. The molecule has 8 heteroatoms. The molecule has 1 saturated carbocycles. The van der Waals surface area contributed by atoms with Crippen LogP contribution >= 0.6 is 12.4 Å². The molecule has 0 bridgehead atoms. The number of aliphatic carboxylic acids is 1. The second-order valence-corrected chi connectivity index (χ2v) is 7.26. The number of anilines is 1. The first-order valence-corrected chi connectivity index (χ1v) is 9.78. The Morgan fingerprint density at radius 3 is 2.53 bits per heavy atom. The number of amidine groups is 1. The first kappa shape index (κ1) is 23.5. The number of aryl methyl sites for hydroxylation is 1. The van der Waals surface area contributed by atoms with E-state index in [1.165, 1.54) is 0 Å². The number of aliphatic hydroxyl groups is 1. The highest BCUT2D eigenvalue weighted by atomic mass is 35.5. The Hall–Kier alpha value is -2.77. The van der Waals surface area contributed by atoms with Crippen molar-refractivity contribution in [2.24, 2.45) is 5.73 Å². The SMILES string of the molecule is CCc1cc(C(Nc2ccc(C(=N)N)cc2)C(=O)[O-])ccc1OC1CCCC1O.Cl. The van der Waals surface area contributed by atoms with E-state index in [9.17, 15) is 15.0 Å². The van der Waals surface area contributed by atoms with E-state index in [0.717, 1.165) is 24.8 Å². The third kappa shape index (κ3) is 5.43. The molecule has 3 rings (SSSR count). The van der Waals surface area contributed by atoms with E-state index < -0.39 is 18.1 Å². The molecule has 0 aromatic heterocycles. The van der Waals surface area contributed by atoms with Gasteiger partial charge in [-0.15, -0.1) is 12.4 Å². The summed E-state index contributed by atoms with van der Waals surface area (Å²) in [4.78, 5) is 11.8. The number of hydrogen-bond donors (Lipinski definition) is 4. The van der Waals surface area contributed by atoms with Gasteiger partial charge in [0.15, 0.2) is 0 Å². The van der Waals surface area contributed by atoms with Gasteiger partial charge in [-0.05, 0) is 73.2 Å². The van der Waals surface area contributed by atoms with Crippen molar-refractivity contribution in [2.75, 3.05) is 5.32 Å². The minimum Gasteiger partial charge on any atom is -0.548 e. The third-order valence-corrected chi connectivity index (χ3v) is 5.24.